The molecule has 0 saturated heterocycles. The molecule has 1 unspecified atom stereocenters. The highest BCUT2D eigenvalue weighted by atomic mass is 16.6. The van der Waals surface area contributed by atoms with Gasteiger partial charge in [0.2, 0.25) is 0 Å². The van der Waals surface area contributed by atoms with Gasteiger partial charge >= 0.3 is 12.0 Å². The lowest BCUT2D eigenvalue weighted by Crippen LogP contribution is -2.18. The van der Waals surface area contributed by atoms with Crippen molar-refractivity contribution >= 4 is 22.7 Å². The first-order valence-electron chi connectivity index (χ1n) is 11.3. The number of rotatable bonds is 6. The summed E-state index contributed by atoms with van der Waals surface area (Å²) >= 11 is 0. The molecule has 2 heterocycles. The van der Waals surface area contributed by atoms with Gasteiger partial charge in [0.15, 0.2) is 6.10 Å². The number of hydrogen-bond acceptors (Lipinski definition) is 6. The minimum atomic E-state index is -0.375. The quantitative estimate of drug-likeness (QED) is 0.394. The molecule has 0 aliphatic carbocycles. The van der Waals surface area contributed by atoms with Crippen molar-refractivity contribution in [3.8, 4) is 17.4 Å². The van der Waals surface area contributed by atoms with E-state index in [1.165, 1.54) is 6.92 Å². The van der Waals surface area contributed by atoms with Crippen molar-refractivity contribution in [1.82, 2.24) is 9.55 Å². The monoisotopic (exact) mass is 457 g/mol. The van der Waals surface area contributed by atoms with E-state index in [2.05, 4.69) is 29.4 Å². The number of fused-ring (bicyclic) bond motifs is 2. The summed E-state index contributed by atoms with van der Waals surface area (Å²) in [6.45, 7) is 6.07. The van der Waals surface area contributed by atoms with Crippen LogP contribution in [0.15, 0.2) is 60.7 Å². The number of methoxy groups -OCH3 is 1. The van der Waals surface area contributed by atoms with E-state index in [0.29, 0.717) is 12.6 Å². The van der Waals surface area contributed by atoms with Crippen LogP contribution < -0.4 is 14.8 Å². The standard InChI is InChI=1S/C27H27N3O4/c1-16-19(8-7-11-23(16)30-24-10-6-5-9-22(24)29-27(30)32-4)15-28-20-12-13-21-25(14-20)33-17(2)26(21)34-18(3)31/h5-14,17,26,28H,15H2,1-4H3/t17?,26-/m1/s1. The lowest BCUT2D eigenvalue weighted by molar-refractivity contribution is -0.149. The van der Waals surface area contributed by atoms with Crippen LogP contribution in [0.1, 0.15) is 36.6 Å². The Bertz CT molecular complexity index is 1380. The van der Waals surface area contributed by atoms with Crippen LogP contribution in [0.5, 0.6) is 11.8 Å². The minimum absolute atomic E-state index is 0.215. The Balaban J connectivity index is 1.40. The molecule has 0 spiro atoms. The number of aromatic nitrogens is 2. The summed E-state index contributed by atoms with van der Waals surface area (Å²) in [5.74, 6) is 0.428. The Morgan fingerprint density at radius 2 is 1.97 bits per heavy atom. The van der Waals surface area contributed by atoms with E-state index in [9.17, 15) is 4.79 Å². The normalized spacial score (nSPS) is 16.7. The van der Waals surface area contributed by atoms with E-state index in [1.807, 2.05) is 60.0 Å². The van der Waals surface area contributed by atoms with Crippen LogP contribution in [-0.2, 0) is 16.1 Å². The number of carbonyl (C=O) groups excluding carboxylic acids is 1. The number of benzene rings is 3. The van der Waals surface area contributed by atoms with E-state index in [1.54, 1.807) is 7.11 Å². The van der Waals surface area contributed by atoms with Gasteiger partial charge in [-0.2, -0.15) is 4.98 Å². The largest absolute Gasteiger partial charge is 0.486 e. The Kier molecular flexibility index (Phi) is 5.61. The molecule has 7 nitrogen and oxygen atoms in total. The van der Waals surface area contributed by atoms with Crippen molar-refractivity contribution < 1.29 is 19.0 Å². The zero-order valence-electron chi connectivity index (χ0n) is 19.7. The molecule has 7 heteroatoms. The van der Waals surface area contributed by atoms with Gasteiger partial charge in [-0.25, -0.2) is 0 Å². The highest BCUT2D eigenvalue weighted by Crippen LogP contribution is 2.40. The van der Waals surface area contributed by atoms with Crippen LogP contribution in [0, 0.1) is 6.92 Å². The highest BCUT2D eigenvalue weighted by Gasteiger charge is 2.33. The third-order valence-corrected chi connectivity index (χ3v) is 6.21. The highest BCUT2D eigenvalue weighted by molar-refractivity contribution is 5.79. The first-order valence-corrected chi connectivity index (χ1v) is 11.3. The fraction of sp³-hybridized carbons (Fsp3) is 0.259. The van der Waals surface area contributed by atoms with Crippen molar-refractivity contribution in [2.24, 2.45) is 0 Å². The number of anilines is 1. The molecule has 3 aromatic carbocycles. The summed E-state index contributed by atoms with van der Waals surface area (Å²) in [4.78, 5) is 16.1. The second kappa shape index (κ2) is 8.74. The summed E-state index contributed by atoms with van der Waals surface area (Å²) in [5.41, 5.74) is 7.04. The molecule has 34 heavy (non-hydrogen) atoms. The molecule has 1 aromatic heterocycles. The fourth-order valence-electron chi connectivity index (χ4n) is 4.51. The van der Waals surface area contributed by atoms with Gasteiger partial charge in [-0.15, -0.1) is 0 Å². The predicted molar refractivity (Wildman–Crippen MR) is 131 cm³/mol. The average Bonchev–Trinajstić information content (AvgIpc) is 3.35. The Morgan fingerprint density at radius 3 is 2.76 bits per heavy atom. The molecule has 0 bridgehead atoms. The molecule has 1 aliphatic rings. The topological polar surface area (TPSA) is 74.6 Å². The van der Waals surface area contributed by atoms with E-state index in [-0.39, 0.29) is 18.2 Å². The zero-order valence-corrected chi connectivity index (χ0v) is 19.7. The molecule has 0 amide bonds. The van der Waals surface area contributed by atoms with E-state index in [0.717, 1.165) is 44.8 Å². The summed E-state index contributed by atoms with van der Waals surface area (Å²) in [5, 5.41) is 3.50. The van der Waals surface area contributed by atoms with Crippen LogP contribution in [0.2, 0.25) is 0 Å². The van der Waals surface area contributed by atoms with Gasteiger partial charge in [0.05, 0.1) is 23.8 Å². The molecule has 0 radical (unpaired) electrons. The van der Waals surface area contributed by atoms with Crippen molar-refractivity contribution in [1.29, 1.82) is 0 Å². The number of nitrogens with one attached hydrogen (secondary N) is 1. The third kappa shape index (κ3) is 3.83. The third-order valence-electron chi connectivity index (χ3n) is 6.21. The van der Waals surface area contributed by atoms with E-state index >= 15 is 0 Å². The lowest BCUT2D eigenvalue weighted by Gasteiger charge is -2.16. The lowest BCUT2D eigenvalue weighted by atomic mass is 10.1. The van der Waals surface area contributed by atoms with Crippen molar-refractivity contribution in [3.05, 3.63) is 77.4 Å². The van der Waals surface area contributed by atoms with Crippen LogP contribution in [0.3, 0.4) is 0 Å². The van der Waals surface area contributed by atoms with Gasteiger partial charge in [-0.05, 0) is 55.3 Å². The maximum atomic E-state index is 11.4. The second-order valence-corrected chi connectivity index (χ2v) is 8.44. The number of hydrogen-bond donors (Lipinski definition) is 1. The molecule has 0 fully saturated rings. The maximum Gasteiger partial charge on any atom is 0.303 e. The van der Waals surface area contributed by atoms with Gasteiger partial charge < -0.3 is 19.5 Å². The molecule has 174 valence electrons. The molecule has 1 N–H and O–H groups in total. The Morgan fingerprint density at radius 1 is 1.15 bits per heavy atom. The Hall–Kier alpha value is -4.00. The van der Waals surface area contributed by atoms with Crippen LogP contribution in [0.4, 0.5) is 5.69 Å². The van der Waals surface area contributed by atoms with E-state index < -0.39 is 0 Å². The molecule has 2 atom stereocenters. The number of imidazole rings is 1. The Labute approximate surface area is 198 Å². The molecule has 1 aliphatic heterocycles. The molecular formula is C27H27N3O4. The summed E-state index contributed by atoms with van der Waals surface area (Å²) < 4.78 is 19.0. The first kappa shape index (κ1) is 21.8. The summed E-state index contributed by atoms with van der Waals surface area (Å²) in [6.07, 6.45) is -0.589. The predicted octanol–water partition coefficient (Wildman–Crippen LogP) is 5.34. The van der Waals surface area contributed by atoms with Gasteiger partial charge in [-0.3, -0.25) is 9.36 Å². The van der Waals surface area contributed by atoms with Crippen molar-refractivity contribution in [3.63, 3.8) is 0 Å². The number of carbonyl (C=O) groups is 1. The maximum absolute atomic E-state index is 11.4. The first-order chi connectivity index (χ1) is 16.5. The van der Waals surface area contributed by atoms with Gasteiger partial charge in [0.1, 0.15) is 11.9 Å². The average molecular weight is 458 g/mol. The van der Waals surface area contributed by atoms with Crippen LogP contribution in [-0.4, -0.2) is 28.7 Å². The molecule has 0 saturated carbocycles. The smallest absolute Gasteiger partial charge is 0.303 e. The van der Waals surface area contributed by atoms with Crippen LogP contribution >= 0.6 is 0 Å². The second-order valence-electron chi connectivity index (χ2n) is 8.44. The van der Waals surface area contributed by atoms with E-state index in [4.69, 9.17) is 14.2 Å². The van der Waals surface area contributed by atoms with Gasteiger partial charge in [0.25, 0.3) is 0 Å². The number of esters is 1. The van der Waals surface area contributed by atoms with Crippen molar-refractivity contribution in [2.75, 3.05) is 12.4 Å². The zero-order chi connectivity index (χ0) is 23.8. The number of nitrogens with zero attached hydrogens (tertiary/aromatic N) is 2. The van der Waals surface area contributed by atoms with Crippen molar-refractivity contribution in [2.45, 2.75) is 39.5 Å². The molecule has 5 rings (SSSR count). The molecular weight excluding hydrogens is 430 g/mol. The summed E-state index contributed by atoms with van der Waals surface area (Å²) in [6, 6.07) is 20.7. The van der Waals surface area contributed by atoms with Gasteiger partial charge in [-0.1, -0.05) is 24.3 Å². The summed E-state index contributed by atoms with van der Waals surface area (Å²) in [7, 11) is 1.64. The fourth-order valence-corrected chi connectivity index (χ4v) is 4.51. The van der Waals surface area contributed by atoms with Gasteiger partial charge in [0, 0.05) is 30.8 Å². The number of para-hydroxylation sites is 2. The minimum Gasteiger partial charge on any atom is -0.486 e. The SMILES string of the molecule is COc1nc2ccccc2n1-c1cccc(CNc2ccc3c(c2)OC(C)[C@H]3OC(C)=O)c1C. The molecule has 4 aromatic rings. The van der Waals surface area contributed by atoms with Crippen LogP contribution in [0.25, 0.3) is 16.7 Å². The number of ether oxygens (including phenoxy) is 3.